The van der Waals surface area contributed by atoms with Gasteiger partial charge < -0.3 is 10.0 Å². The Hall–Kier alpha value is -2.30. The van der Waals surface area contributed by atoms with Crippen LogP contribution in [0.5, 0.6) is 0 Å². The van der Waals surface area contributed by atoms with Gasteiger partial charge in [-0.2, -0.15) is 0 Å². The minimum atomic E-state index is -1.04. The first-order chi connectivity index (χ1) is 8.97. The Bertz CT molecular complexity index is 656. The molecule has 0 bridgehead atoms. The van der Waals surface area contributed by atoms with Crippen molar-refractivity contribution in [2.45, 2.75) is 13.3 Å². The Morgan fingerprint density at radius 1 is 1.53 bits per heavy atom. The first kappa shape index (κ1) is 13.1. The molecule has 2 aromatic heterocycles. The molecule has 0 aromatic carbocycles. The number of rotatable bonds is 4. The summed E-state index contributed by atoms with van der Waals surface area (Å²) in [6.45, 7) is 5.70. The molecular formula is C14H17N3O2. The molecule has 1 N–H and O–H groups in total. The summed E-state index contributed by atoms with van der Waals surface area (Å²) in [7, 11) is 3.68. The number of aliphatic carboxylic acids is 1. The summed E-state index contributed by atoms with van der Waals surface area (Å²) < 4.78 is 1.80. The fourth-order valence-corrected chi connectivity index (χ4v) is 2.08. The predicted octanol–water partition coefficient (Wildman–Crippen LogP) is 2.06. The quantitative estimate of drug-likeness (QED) is 0.854. The first-order valence-corrected chi connectivity index (χ1v) is 6.07. The molecule has 0 spiro atoms. The number of imidazole rings is 1. The van der Waals surface area contributed by atoms with Crippen LogP contribution in [0.25, 0.3) is 11.2 Å². The van der Waals surface area contributed by atoms with Gasteiger partial charge in [-0.3, -0.25) is 4.40 Å². The maximum atomic E-state index is 11.2. The van der Waals surface area contributed by atoms with Crippen molar-refractivity contribution in [3.63, 3.8) is 0 Å². The van der Waals surface area contributed by atoms with Gasteiger partial charge >= 0.3 is 5.97 Å². The Kier molecular flexibility index (Phi) is 3.29. The largest absolute Gasteiger partial charge is 0.478 e. The maximum absolute atomic E-state index is 11.2. The molecule has 5 nitrogen and oxygen atoms in total. The summed E-state index contributed by atoms with van der Waals surface area (Å²) in [6.07, 6.45) is 2.66. The van der Waals surface area contributed by atoms with Crippen molar-refractivity contribution in [3.05, 3.63) is 36.2 Å². The van der Waals surface area contributed by atoms with Gasteiger partial charge in [0.1, 0.15) is 11.3 Å². The zero-order valence-corrected chi connectivity index (χ0v) is 11.3. The van der Waals surface area contributed by atoms with Gasteiger partial charge in [0.05, 0.1) is 5.57 Å². The summed E-state index contributed by atoms with van der Waals surface area (Å²) in [6, 6.07) is 3.89. The third-order valence-corrected chi connectivity index (χ3v) is 3.06. The van der Waals surface area contributed by atoms with Crippen molar-refractivity contribution in [2.24, 2.45) is 0 Å². The molecule has 2 rings (SSSR count). The lowest BCUT2D eigenvalue weighted by molar-refractivity contribution is -0.130. The molecule has 0 amide bonds. The molecule has 0 aliphatic heterocycles. The van der Waals surface area contributed by atoms with Gasteiger partial charge in [-0.1, -0.05) is 19.6 Å². The SMILES string of the molecule is C=C(C(=O)O)c1c(N(C)C)nc2c(CC)cccn12. The van der Waals surface area contributed by atoms with Crippen molar-refractivity contribution in [1.82, 2.24) is 9.38 Å². The lowest BCUT2D eigenvalue weighted by Crippen LogP contribution is -2.13. The van der Waals surface area contributed by atoms with Crippen LogP contribution < -0.4 is 4.90 Å². The molecule has 100 valence electrons. The highest BCUT2D eigenvalue weighted by atomic mass is 16.4. The number of fused-ring (bicyclic) bond motifs is 1. The van der Waals surface area contributed by atoms with Crippen LogP contribution in [0.4, 0.5) is 5.82 Å². The number of nitrogens with zero attached hydrogens (tertiary/aromatic N) is 3. The molecule has 0 saturated carbocycles. The van der Waals surface area contributed by atoms with Crippen LogP contribution in [-0.2, 0) is 11.2 Å². The summed E-state index contributed by atoms with van der Waals surface area (Å²) in [5.74, 6) is -0.417. The Labute approximate surface area is 111 Å². The monoisotopic (exact) mass is 259 g/mol. The van der Waals surface area contributed by atoms with E-state index in [0.717, 1.165) is 17.6 Å². The van der Waals surface area contributed by atoms with Gasteiger partial charge in [-0.05, 0) is 18.1 Å². The number of carboxylic acids is 1. The van der Waals surface area contributed by atoms with Crippen molar-refractivity contribution >= 4 is 23.0 Å². The van der Waals surface area contributed by atoms with Gasteiger partial charge in [0, 0.05) is 20.3 Å². The van der Waals surface area contributed by atoms with E-state index in [4.69, 9.17) is 0 Å². The van der Waals surface area contributed by atoms with E-state index in [2.05, 4.69) is 11.6 Å². The zero-order valence-electron chi connectivity index (χ0n) is 11.3. The average molecular weight is 259 g/mol. The Balaban J connectivity index is 2.82. The van der Waals surface area contributed by atoms with Gasteiger partial charge in [0.15, 0.2) is 5.82 Å². The second-order valence-electron chi connectivity index (χ2n) is 4.54. The van der Waals surface area contributed by atoms with E-state index in [1.807, 2.05) is 39.3 Å². The number of carboxylic acid groups (broad SMARTS) is 1. The molecule has 5 heteroatoms. The third kappa shape index (κ3) is 2.07. The second-order valence-corrected chi connectivity index (χ2v) is 4.54. The van der Waals surface area contributed by atoms with Gasteiger partial charge in [-0.25, -0.2) is 9.78 Å². The average Bonchev–Trinajstić information content (AvgIpc) is 2.76. The van der Waals surface area contributed by atoms with Crippen LogP contribution in [0, 0.1) is 0 Å². The summed E-state index contributed by atoms with van der Waals surface area (Å²) in [5.41, 5.74) is 2.44. The minimum Gasteiger partial charge on any atom is -0.478 e. The highest BCUT2D eigenvalue weighted by Gasteiger charge is 2.21. The molecule has 0 radical (unpaired) electrons. The molecule has 0 saturated heterocycles. The lowest BCUT2D eigenvalue weighted by atomic mass is 10.2. The molecule has 2 heterocycles. The first-order valence-electron chi connectivity index (χ1n) is 6.07. The Morgan fingerprint density at radius 3 is 2.74 bits per heavy atom. The van der Waals surface area contributed by atoms with Crippen LogP contribution in [0.2, 0.25) is 0 Å². The fourth-order valence-electron chi connectivity index (χ4n) is 2.08. The molecule has 0 aliphatic carbocycles. The van der Waals surface area contributed by atoms with E-state index >= 15 is 0 Å². The van der Waals surface area contributed by atoms with Gasteiger partial charge in [-0.15, -0.1) is 0 Å². The fraction of sp³-hybridized carbons (Fsp3) is 0.286. The van der Waals surface area contributed by atoms with E-state index < -0.39 is 5.97 Å². The van der Waals surface area contributed by atoms with Crippen molar-refractivity contribution in [2.75, 3.05) is 19.0 Å². The van der Waals surface area contributed by atoms with E-state index in [-0.39, 0.29) is 5.57 Å². The smallest absolute Gasteiger partial charge is 0.337 e. The number of aromatic nitrogens is 2. The van der Waals surface area contributed by atoms with Crippen LogP contribution in [0.3, 0.4) is 0 Å². The highest BCUT2D eigenvalue weighted by molar-refractivity contribution is 6.15. The topological polar surface area (TPSA) is 57.8 Å². The maximum Gasteiger partial charge on any atom is 0.337 e. The molecule has 0 fully saturated rings. The highest BCUT2D eigenvalue weighted by Crippen LogP contribution is 2.27. The standard InChI is InChI=1S/C14H17N3O2/c1-5-10-7-6-8-17-11(9(2)14(18)19)13(16(3)4)15-12(10)17/h6-8H,2,5H2,1,3-4H3,(H,18,19). The van der Waals surface area contributed by atoms with Crippen molar-refractivity contribution < 1.29 is 9.90 Å². The van der Waals surface area contributed by atoms with E-state index in [0.29, 0.717) is 11.5 Å². The third-order valence-electron chi connectivity index (χ3n) is 3.06. The number of carbonyl (C=O) groups is 1. The second kappa shape index (κ2) is 4.76. The van der Waals surface area contributed by atoms with E-state index in [1.165, 1.54) is 0 Å². The zero-order chi connectivity index (χ0) is 14.2. The lowest BCUT2D eigenvalue weighted by Gasteiger charge is -2.11. The van der Waals surface area contributed by atoms with Crippen molar-refractivity contribution in [1.29, 1.82) is 0 Å². The summed E-state index contributed by atoms with van der Waals surface area (Å²) in [4.78, 5) is 17.6. The Morgan fingerprint density at radius 2 is 2.21 bits per heavy atom. The molecule has 0 unspecified atom stereocenters. The minimum absolute atomic E-state index is 0.0458. The summed E-state index contributed by atoms with van der Waals surface area (Å²) in [5, 5.41) is 9.19. The molecule has 0 aliphatic rings. The number of hydrogen-bond donors (Lipinski definition) is 1. The van der Waals surface area contributed by atoms with Crippen molar-refractivity contribution in [3.8, 4) is 0 Å². The van der Waals surface area contributed by atoms with Crippen LogP contribution in [0.15, 0.2) is 24.9 Å². The van der Waals surface area contributed by atoms with E-state index in [9.17, 15) is 9.90 Å². The number of hydrogen-bond acceptors (Lipinski definition) is 3. The number of pyridine rings is 1. The number of anilines is 1. The number of aryl methyl sites for hydroxylation is 1. The van der Waals surface area contributed by atoms with Gasteiger partial charge in [0.25, 0.3) is 0 Å². The van der Waals surface area contributed by atoms with Crippen LogP contribution in [0.1, 0.15) is 18.2 Å². The van der Waals surface area contributed by atoms with Gasteiger partial charge in [0.2, 0.25) is 0 Å². The molecular weight excluding hydrogens is 242 g/mol. The van der Waals surface area contributed by atoms with Crippen LogP contribution >= 0.6 is 0 Å². The molecule has 0 atom stereocenters. The normalized spacial score (nSPS) is 10.7. The summed E-state index contributed by atoms with van der Waals surface area (Å²) >= 11 is 0. The van der Waals surface area contributed by atoms with E-state index in [1.54, 1.807) is 9.30 Å². The molecule has 19 heavy (non-hydrogen) atoms. The van der Waals surface area contributed by atoms with Crippen LogP contribution in [-0.4, -0.2) is 34.6 Å². The predicted molar refractivity (Wildman–Crippen MR) is 75.6 cm³/mol. The molecule has 2 aromatic rings.